The van der Waals surface area contributed by atoms with Crippen LogP contribution in [0.25, 0.3) is 0 Å². The predicted octanol–water partition coefficient (Wildman–Crippen LogP) is 2.15. The summed E-state index contributed by atoms with van der Waals surface area (Å²) < 4.78 is 56.0. The van der Waals surface area contributed by atoms with Crippen LogP contribution in [-0.4, -0.2) is 23.4 Å². The Morgan fingerprint density at radius 3 is 2.12 bits per heavy atom. The van der Waals surface area contributed by atoms with Gasteiger partial charge in [0.05, 0.1) is 22.1 Å². The van der Waals surface area contributed by atoms with E-state index in [2.05, 4.69) is 4.72 Å². The first kappa shape index (κ1) is 19.2. The van der Waals surface area contributed by atoms with E-state index in [0.29, 0.717) is 23.5 Å². The quantitative estimate of drug-likeness (QED) is 0.792. The Morgan fingerprint density at radius 1 is 1.00 bits per heavy atom. The van der Waals surface area contributed by atoms with Gasteiger partial charge >= 0.3 is 0 Å². The summed E-state index contributed by atoms with van der Waals surface area (Å²) in [5.41, 5.74) is 1.38. The molecular formula is C16H20N2O5S2. The standard InChI is InChI=1S/C16H20N2O5S2/c1-4-23-13-5-7-14(8-6-13)25(21,22)18-16-10-15(24(17,19)20)9-11(2)12(16)3/h5-10,18H,4H2,1-3H3,(H2,17,19,20). The zero-order valence-corrected chi connectivity index (χ0v) is 15.7. The molecule has 0 heterocycles. The number of sulfonamides is 2. The smallest absolute Gasteiger partial charge is 0.261 e. The Bertz CT molecular complexity index is 982. The molecule has 0 amide bonds. The number of primary sulfonamides is 1. The van der Waals surface area contributed by atoms with E-state index in [1.807, 2.05) is 6.92 Å². The van der Waals surface area contributed by atoms with Crippen LogP contribution in [0.15, 0.2) is 46.2 Å². The number of hydrogen-bond donors (Lipinski definition) is 2. The van der Waals surface area contributed by atoms with Crippen LogP contribution in [-0.2, 0) is 20.0 Å². The minimum atomic E-state index is -3.95. The normalized spacial score (nSPS) is 12.0. The zero-order valence-electron chi connectivity index (χ0n) is 14.1. The van der Waals surface area contributed by atoms with Crippen LogP contribution in [0.2, 0.25) is 0 Å². The van der Waals surface area contributed by atoms with Crippen LogP contribution in [0.5, 0.6) is 5.75 Å². The maximum Gasteiger partial charge on any atom is 0.261 e. The van der Waals surface area contributed by atoms with Crippen molar-refractivity contribution in [2.75, 3.05) is 11.3 Å². The molecular weight excluding hydrogens is 364 g/mol. The molecule has 0 aliphatic heterocycles. The number of anilines is 1. The molecule has 3 N–H and O–H groups in total. The lowest BCUT2D eigenvalue weighted by Gasteiger charge is -2.14. The van der Waals surface area contributed by atoms with Gasteiger partial charge < -0.3 is 4.74 Å². The fraction of sp³-hybridized carbons (Fsp3) is 0.250. The van der Waals surface area contributed by atoms with Crippen LogP contribution < -0.4 is 14.6 Å². The maximum absolute atomic E-state index is 12.6. The van der Waals surface area contributed by atoms with Crippen LogP contribution in [0, 0.1) is 13.8 Å². The predicted molar refractivity (Wildman–Crippen MR) is 95.7 cm³/mol. The molecule has 2 aromatic rings. The topological polar surface area (TPSA) is 116 Å². The van der Waals surface area contributed by atoms with E-state index in [-0.39, 0.29) is 15.5 Å². The maximum atomic E-state index is 12.6. The zero-order chi connectivity index (χ0) is 18.8. The van der Waals surface area contributed by atoms with Gasteiger partial charge in [-0.1, -0.05) is 0 Å². The van der Waals surface area contributed by atoms with Gasteiger partial charge in [0.1, 0.15) is 5.75 Å². The van der Waals surface area contributed by atoms with Gasteiger partial charge in [-0.15, -0.1) is 0 Å². The molecule has 0 spiro atoms. The molecule has 0 aromatic heterocycles. The van der Waals surface area contributed by atoms with Gasteiger partial charge in [-0.3, -0.25) is 4.72 Å². The molecule has 0 atom stereocenters. The van der Waals surface area contributed by atoms with Crippen molar-refractivity contribution < 1.29 is 21.6 Å². The molecule has 9 heteroatoms. The van der Waals surface area contributed by atoms with Crippen molar-refractivity contribution in [1.29, 1.82) is 0 Å². The summed E-state index contributed by atoms with van der Waals surface area (Å²) in [6.45, 7) is 5.68. The average molecular weight is 384 g/mol. The summed E-state index contributed by atoms with van der Waals surface area (Å²) >= 11 is 0. The van der Waals surface area contributed by atoms with E-state index in [4.69, 9.17) is 9.88 Å². The first-order valence-corrected chi connectivity index (χ1v) is 10.5. The fourth-order valence-electron chi connectivity index (χ4n) is 2.18. The Kier molecular flexibility index (Phi) is 5.40. The van der Waals surface area contributed by atoms with E-state index < -0.39 is 20.0 Å². The van der Waals surface area contributed by atoms with Gasteiger partial charge in [0, 0.05) is 0 Å². The molecule has 0 fully saturated rings. The van der Waals surface area contributed by atoms with Crippen LogP contribution in [0.4, 0.5) is 5.69 Å². The Morgan fingerprint density at radius 2 is 1.60 bits per heavy atom. The molecule has 7 nitrogen and oxygen atoms in total. The van der Waals surface area contributed by atoms with Gasteiger partial charge in [0.15, 0.2) is 0 Å². The Hall–Kier alpha value is -2.10. The lowest BCUT2D eigenvalue weighted by Crippen LogP contribution is -2.17. The van der Waals surface area contributed by atoms with Gasteiger partial charge in [-0.2, -0.15) is 0 Å². The lowest BCUT2D eigenvalue weighted by molar-refractivity contribution is 0.340. The summed E-state index contributed by atoms with van der Waals surface area (Å²) in [4.78, 5) is -0.117. The highest BCUT2D eigenvalue weighted by atomic mass is 32.2. The number of hydrogen-bond acceptors (Lipinski definition) is 5. The molecule has 25 heavy (non-hydrogen) atoms. The van der Waals surface area contributed by atoms with E-state index in [1.54, 1.807) is 26.0 Å². The highest BCUT2D eigenvalue weighted by Gasteiger charge is 2.19. The molecule has 136 valence electrons. The van der Waals surface area contributed by atoms with Crippen molar-refractivity contribution in [3.8, 4) is 5.75 Å². The second-order valence-corrected chi connectivity index (χ2v) is 8.71. The lowest BCUT2D eigenvalue weighted by atomic mass is 10.1. The summed E-state index contributed by atoms with van der Waals surface area (Å²) in [6, 6.07) is 8.55. The van der Waals surface area contributed by atoms with Crippen molar-refractivity contribution >= 4 is 25.7 Å². The molecule has 0 saturated carbocycles. The summed E-state index contributed by atoms with van der Waals surface area (Å²) in [7, 11) is -7.84. The monoisotopic (exact) mass is 384 g/mol. The number of benzene rings is 2. The highest BCUT2D eigenvalue weighted by Crippen LogP contribution is 2.26. The van der Waals surface area contributed by atoms with Crippen molar-refractivity contribution in [3.63, 3.8) is 0 Å². The SMILES string of the molecule is CCOc1ccc(S(=O)(=O)Nc2cc(S(N)(=O)=O)cc(C)c2C)cc1. The summed E-state index contributed by atoms with van der Waals surface area (Å²) in [6.07, 6.45) is 0. The molecule has 0 unspecified atom stereocenters. The molecule has 0 radical (unpaired) electrons. The third kappa shape index (κ3) is 4.50. The number of aryl methyl sites for hydroxylation is 1. The van der Waals surface area contributed by atoms with E-state index in [9.17, 15) is 16.8 Å². The third-order valence-electron chi connectivity index (χ3n) is 3.66. The number of nitrogens with two attached hydrogens (primary N) is 1. The second kappa shape index (κ2) is 7.03. The van der Waals surface area contributed by atoms with Crippen molar-refractivity contribution in [2.45, 2.75) is 30.6 Å². The minimum Gasteiger partial charge on any atom is -0.494 e. The largest absolute Gasteiger partial charge is 0.494 e. The van der Waals surface area contributed by atoms with E-state index >= 15 is 0 Å². The first-order chi connectivity index (χ1) is 11.5. The molecule has 2 rings (SSSR count). The molecule has 2 aromatic carbocycles. The van der Waals surface area contributed by atoms with Gasteiger partial charge in [0.2, 0.25) is 10.0 Å². The highest BCUT2D eigenvalue weighted by molar-refractivity contribution is 7.92. The molecule has 0 aliphatic carbocycles. The van der Waals surface area contributed by atoms with Crippen LogP contribution in [0.3, 0.4) is 0 Å². The number of ether oxygens (including phenoxy) is 1. The molecule has 0 bridgehead atoms. The number of nitrogens with one attached hydrogen (secondary N) is 1. The average Bonchev–Trinajstić information content (AvgIpc) is 2.51. The van der Waals surface area contributed by atoms with Crippen LogP contribution >= 0.6 is 0 Å². The van der Waals surface area contributed by atoms with Crippen molar-refractivity contribution in [1.82, 2.24) is 0 Å². The van der Waals surface area contributed by atoms with E-state index in [1.165, 1.54) is 24.3 Å². The Labute approximate surface area is 147 Å². The Balaban J connectivity index is 2.42. The second-order valence-electron chi connectivity index (χ2n) is 5.47. The summed E-state index contributed by atoms with van der Waals surface area (Å²) in [5.74, 6) is 0.560. The van der Waals surface area contributed by atoms with E-state index in [0.717, 1.165) is 0 Å². The molecule has 0 aliphatic rings. The summed E-state index contributed by atoms with van der Waals surface area (Å²) in [5, 5.41) is 5.15. The van der Waals surface area contributed by atoms with Gasteiger partial charge in [-0.05, 0) is 68.3 Å². The number of rotatable bonds is 6. The third-order valence-corrected chi connectivity index (χ3v) is 5.93. The first-order valence-electron chi connectivity index (χ1n) is 7.44. The molecule has 0 saturated heterocycles. The van der Waals surface area contributed by atoms with Gasteiger partial charge in [0.25, 0.3) is 10.0 Å². The van der Waals surface area contributed by atoms with Crippen molar-refractivity contribution in [3.05, 3.63) is 47.5 Å². The van der Waals surface area contributed by atoms with Crippen LogP contribution in [0.1, 0.15) is 18.1 Å². The van der Waals surface area contributed by atoms with Crippen molar-refractivity contribution in [2.24, 2.45) is 5.14 Å². The minimum absolute atomic E-state index is 0.0361. The fourth-order valence-corrected chi connectivity index (χ4v) is 3.92. The van der Waals surface area contributed by atoms with Gasteiger partial charge in [-0.25, -0.2) is 22.0 Å².